The number of nitrogens with zero attached hydrogens (tertiary/aromatic N) is 4. The number of fused-ring (bicyclic) bond motifs is 3. The predicted molar refractivity (Wildman–Crippen MR) is 151 cm³/mol. The van der Waals surface area contributed by atoms with Gasteiger partial charge in [0, 0.05) is 40.4 Å². The summed E-state index contributed by atoms with van der Waals surface area (Å²) in [6.45, 7) is 5.94. The normalized spacial score (nSPS) is 19.6. The van der Waals surface area contributed by atoms with E-state index in [-0.39, 0.29) is 33.6 Å². The Morgan fingerprint density at radius 2 is 1.77 bits per heavy atom. The molecule has 3 aliphatic rings. The highest BCUT2D eigenvalue weighted by Gasteiger charge is 2.43. The van der Waals surface area contributed by atoms with Crippen molar-refractivity contribution in [3.8, 4) is 11.3 Å². The number of nitrogens with one attached hydrogen (secondary N) is 1. The van der Waals surface area contributed by atoms with Crippen LogP contribution in [0.2, 0.25) is 0 Å². The molecule has 0 spiro atoms. The van der Waals surface area contributed by atoms with Gasteiger partial charge in [0.2, 0.25) is 0 Å². The molecular weight excluding hydrogens is 511 g/mol. The van der Waals surface area contributed by atoms with Crippen LogP contribution in [-0.2, 0) is 6.42 Å². The number of hydrogen-bond acceptors (Lipinski definition) is 5. The molecule has 3 saturated heterocycles. The van der Waals surface area contributed by atoms with Crippen molar-refractivity contribution in [3.05, 3.63) is 65.0 Å². The summed E-state index contributed by atoms with van der Waals surface area (Å²) in [6, 6.07) is 6.06. The van der Waals surface area contributed by atoms with E-state index < -0.39 is 17.5 Å². The highest BCUT2D eigenvalue weighted by molar-refractivity contribution is 5.98. The van der Waals surface area contributed by atoms with Crippen LogP contribution in [0.15, 0.2) is 30.5 Å². The summed E-state index contributed by atoms with van der Waals surface area (Å²) >= 11 is 0. The number of aromatic nitrogens is 3. The number of halogens is 3. The van der Waals surface area contributed by atoms with E-state index in [4.69, 9.17) is 9.97 Å². The predicted octanol–water partition coefficient (Wildman–Crippen LogP) is 6.60. The molecule has 40 heavy (non-hydrogen) atoms. The molecular formula is C32H34F3N5. The molecule has 2 aromatic carbocycles. The van der Waals surface area contributed by atoms with Gasteiger partial charge in [-0.2, -0.15) is 0 Å². The first-order chi connectivity index (χ1) is 19.4. The van der Waals surface area contributed by atoms with Gasteiger partial charge in [-0.25, -0.2) is 23.1 Å². The minimum Gasteiger partial charge on any atom is -0.317 e. The van der Waals surface area contributed by atoms with Crippen LogP contribution in [0.1, 0.15) is 67.9 Å². The number of aryl methyl sites for hydroxylation is 2. The minimum absolute atomic E-state index is 0.0111. The molecule has 0 aliphatic carbocycles. The number of hydrogen-bond donors (Lipinski definition) is 1. The zero-order valence-electron chi connectivity index (χ0n) is 22.9. The van der Waals surface area contributed by atoms with Gasteiger partial charge in [0.1, 0.15) is 17.0 Å². The quantitative estimate of drug-likeness (QED) is 0.306. The number of rotatable bonds is 5. The third kappa shape index (κ3) is 4.27. The largest absolute Gasteiger partial charge is 0.317 e. The van der Waals surface area contributed by atoms with Crippen LogP contribution in [0.5, 0.6) is 0 Å². The van der Waals surface area contributed by atoms with E-state index in [1.807, 2.05) is 6.92 Å². The summed E-state index contributed by atoms with van der Waals surface area (Å²) in [6.07, 6.45) is 9.98. The van der Waals surface area contributed by atoms with Crippen molar-refractivity contribution in [3.63, 3.8) is 0 Å². The maximum atomic E-state index is 16.5. The number of benzene rings is 2. The molecule has 0 atom stereocenters. The molecule has 7 rings (SSSR count). The first kappa shape index (κ1) is 25.8. The standard InChI is InChI=1S/C32H34F3N5/c1-19-16-21-4-5-24(33)27(34)26(21)22(17-19)30-28(35)31-23(18-37-30)29(20-7-12-36-13-8-20)38-25(39-31)6-11-32-9-2-14-40(32)15-3-10-32/h4-5,16-18,20,36H,2-3,6-15H2,1H3. The Kier molecular flexibility index (Phi) is 6.50. The zero-order valence-corrected chi connectivity index (χ0v) is 22.9. The molecule has 0 amide bonds. The third-order valence-electron chi connectivity index (χ3n) is 9.52. The lowest BCUT2D eigenvalue weighted by atomic mass is 9.88. The Bertz CT molecular complexity index is 1600. The van der Waals surface area contributed by atoms with Gasteiger partial charge in [-0.15, -0.1) is 0 Å². The second-order valence-electron chi connectivity index (χ2n) is 11.9. The monoisotopic (exact) mass is 545 g/mol. The maximum Gasteiger partial charge on any atom is 0.175 e. The fourth-order valence-corrected chi connectivity index (χ4v) is 7.54. The Labute approximate surface area is 232 Å². The molecule has 0 bridgehead atoms. The Balaban J connectivity index is 1.37. The first-order valence-corrected chi connectivity index (χ1v) is 14.6. The average Bonchev–Trinajstić information content (AvgIpc) is 3.55. The van der Waals surface area contributed by atoms with Crippen LogP contribution in [0.4, 0.5) is 13.2 Å². The molecule has 1 N–H and O–H groups in total. The van der Waals surface area contributed by atoms with Gasteiger partial charge in [-0.1, -0.05) is 12.1 Å². The van der Waals surface area contributed by atoms with Crippen LogP contribution in [0.3, 0.4) is 0 Å². The molecule has 0 unspecified atom stereocenters. The molecule has 3 fully saturated rings. The summed E-state index contributed by atoms with van der Waals surface area (Å²) < 4.78 is 45.9. The van der Waals surface area contributed by atoms with Gasteiger partial charge in [-0.05, 0) is 101 Å². The van der Waals surface area contributed by atoms with Gasteiger partial charge in [0.05, 0.1) is 5.69 Å². The maximum absolute atomic E-state index is 16.5. The summed E-state index contributed by atoms with van der Waals surface area (Å²) in [5.74, 6) is -1.71. The molecule has 4 aromatic rings. The van der Waals surface area contributed by atoms with Crippen molar-refractivity contribution >= 4 is 21.7 Å². The van der Waals surface area contributed by atoms with E-state index in [1.54, 1.807) is 18.3 Å². The number of piperidine rings is 1. The third-order valence-corrected chi connectivity index (χ3v) is 9.52. The minimum atomic E-state index is -0.996. The van der Waals surface area contributed by atoms with Gasteiger partial charge < -0.3 is 5.32 Å². The summed E-state index contributed by atoms with van der Waals surface area (Å²) in [5, 5.41) is 4.55. The first-order valence-electron chi connectivity index (χ1n) is 14.6. The molecule has 8 heteroatoms. The van der Waals surface area contributed by atoms with Crippen LogP contribution in [-0.4, -0.2) is 51.6 Å². The molecule has 3 aliphatic heterocycles. The van der Waals surface area contributed by atoms with Crippen LogP contribution in [0.25, 0.3) is 32.9 Å². The van der Waals surface area contributed by atoms with Gasteiger partial charge in [0.15, 0.2) is 17.5 Å². The van der Waals surface area contributed by atoms with E-state index in [1.165, 1.54) is 31.7 Å². The Morgan fingerprint density at radius 1 is 1.00 bits per heavy atom. The van der Waals surface area contributed by atoms with E-state index in [2.05, 4.69) is 15.2 Å². The van der Waals surface area contributed by atoms with E-state index in [0.29, 0.717) is 23.0 Å². The lowest BCUT2D eigenvalue weighted by Gasteiger charge is -2.32. The van der Waals surface area contributed by atoms with Gasteiger partial charge in [-0.3, -0.25) is 9.88 Å². The Hall–Kier alpha value is -3.10. The van der Waals surface area contributed by atoms with Crippen LogP contribution in [0, 0.1) is 24.4 Å². The molecule has 5 heterocycles. The van der Waals surface area contributed by atoms with Crippen LogP contribution >= 0.6 is 0 Å². The van der Waals surface area contributed by atoms with Crippen molar-refractivity contribution in [2.45, 2.75) is 69.7 Å². The summed E-state index contributed by atoms with van der Waals surface area (Å²) in [7, 11) is 0. The summed E-state index contributed by atoms with van der Waals surface area (Å²) in [4.78, 5) is 17.0. The molecule has 0 saturated carbocycles. The average molecular weight is 546 g/mol. The van der Waals surface area contributed by atoms with E-state index in [9.17, 15) is 4.39 Å². The molecule has 5 nitrogen and oxygen atoms in total. The second kappa shape index (κ2) is 10.1. The number of pyridine rings is 1. The smallest absolute Gasteiger partial charge is 0.175 e. The molecule has 0 radical (unpaired) electrons. The fourth-order valence-electron chi connectivity index (χ4n) is 7.54. The van der Waals surface area contributed by atoms with Crippen molar-refractivity contribution in [1.82, 2.24) is 25.2 Å². The second-order valence-corrected chi connectivity index (χ2v) is 11.9. The van der Waals surface area contributed by atoms with E-state index >= 15 is 8.78 Å². The zero-order chi connectivity index (χ0) is 27.4. The fraction of sp³-hybridized carbons (Fsp3) is 0.469. The van der Waals surface area contributed by atoms with Crippen molar-refractivity contribution < 1.29 is 13.2 Å². The molecule has 208 valence electrons. The molecule has 2 aromatic heterocycles. The highest BCUT2D eigenvalue weighted by Crippen LogP contribution is 2.42. The van der Waals surface area contributed by atoms with Crippen LogP contribution < -0.4 is 5.32 Å². The van der Waals surface area contributed by atoms with Crippen molar-refractivity contribution in [1.29, 1.82) is 0 Å². The lowest BCUT2D eigenvalue weighted by molar-refractivity contribution is 0.181. The SMILES string of the molecule is Cc1cc(-c2ncc3c(C4CCNCC4)nc(CCC45CCCN4CCC5)nc3c2F)c2c(F)c(F)ccc2c1. The highest BCUT2D eigenvalue weighted by atomic mass is 19.2. The van der Waals surface area contributed by atoms with Gasteiger partial charge >= 0.3 is 0 Å². The van der Waals surface area contributed by atoms with Crippen molar-refractivity contribution in [2.75, 3.05) is 26.2 Å². The lowest BCUT2D eigenvalue weighted by Crippen LogP contribution is -2.38. The summed E-state index contributed by atoms with van der Waals surface area (Å²) in [5.41, 5.74) is 2.34. The van der Waals surface area contributed by atoms with Crippen molar-refractivity contribution in [2.24, 2.45) is 0 Å². The van der Waals surface area contributed by atoms with Gasteiger partial charge in [0.25, 0.3) is 0 Å². The Morgan fingerprint density at radius 3 is 2.55 bits per heavy atom. The topological polar surface area (TPSA) is 53.9 Å². The van der Waals surface area contributed by atoms with E-state index in [0.717, 1.165) is 62.8 Å².